The zero-order valence-electron chi connectivity index (χ0n) is 12.5. The topological polar surface area (TPSA) is 102 Å². The number of nitro benzene ring substituents is 1. The van der Waals surface area contributed by atoms with Crippen molar-refractivity contribution in [3.63, 3.8) is 0 Å². The minimum atomic E-state index is -0.939. The van der Waals surface area contributed by atoms with Crippen LogP contribution in [-0.2, 0) is 4.79 Å². The number of carbonyl (C=O) groups is 1. The molecule has 0 saturated heterocycles. The molecule has 0 spiro atoms. The quantitative estimate of drug-likeness (QED) is 0.638. The van der Waals surface area contributed by atoms with Crippen LogP contribution in [0, 0.1) is 10.1 Å². The Morgan fingerprint density at radius 3 is 2.57 bits per heavy atom. The average Bonchev–Trinajstić information content (AvgIpc) is 2.33. The maximum absolute atomic E-state index is 11.7. The molecule has 0 aliphatic heterocycles. The average molecular weight is 296 g/mol. The molecule has 1 rings (SSSR count). The van der Waals surface area contributed by atoms with Crippen LogP contribution in [0.1, 0.15) is 39.4 Å². The van der Waals surface area contributed by atoms with E-state index in [-0.39, 0.29) is 35.1 Å². The molecule has 0 saturated carbocycles. The summed E-state index contributed by atoms with van der Waals surface area (Å²) in [5, 5.41) is 23.1. The molecule has 0 aliphatic rings. The summed E-state index contributed by atoms with van der Waals surface area (Å²) in [6.07, 6.45) is -0.939. The fourth-order valence-corrected chi connectivity index (χ4v) is 1.70. The number of nitrogens with one attached hydrogen (secondary N) is 1. The van der Waals surface area contributed by atoms with Crippen molar-refractivity contribution < 1.29 is 19.6 Å². The number of aliphatic hydroxyl groups is 1. The van der Waals surface area contributed by atoms with Gasteiger partial charge in [0.15, 0.2) is 6.61 Å². The summed E-state index contributed by atoms with van der Waals surface area (Å²) in [7, 11) is 0. The van der Waals surface area contributed by atoms with Gasteiger partial charge in [0.25, 0.3) is 11.6 Å². The Labute approximate surface area is 123 Å². The van der Waals surface area contributed by atoms with Crippen molar-refractivity contribution in [3.8, 4) is 5.75 Å². The lowest BCUT2D eigenvalue weighted by molar-refractivity contribution is -0.385. The summed E-state index contributed by atoms with van der Waals surface area (Å²) in [5.74, 6) is -0.0583. The van der Waals surface area contributed by atoms with E-state index < -0.39 is 11.0 Å². The van der Waals surface area contributed by atoms with E-state index in [1.165, 1.54) is 25.1 Å². The lowest BCUT2D eigenvalue weighted by Crippen LogP contribution is -2.43. The molecule has 1 aromatic carbocycles. The van der Waals surface area contributed by atoms with Crippen LogP contribution in [-0.4, -0.2) is 28.1 Å². The molecule has 0 radical (unpaired) electrons. The lowest BCUT2D eigenvalue weighted by atomic mass is 10.1. The number of ether oxygens (including phenoxy) is 1. The fraction of sp³-hybridized carbons (Fsp3) is 0.500. The molecule has 0 bridgehead atoms. The number of benzene rings is 1. The smallest absolute Gasteiger partial charge is 0.270 e. The molecule has 21 heavy (non-hydrogen) atoms. The van der Waals surface area contributed by atoms with Gasteiger partial charge < -0.3 is 15.2 Å². The van der Waals surface area contributed by atoms with Gasteiger partial charge in [0.1, 0.15) is 5.75 Å². The van der Waals surface area contributed by atoms with Crippen molar-refractivity contribution in [2.45, 2.75) is 39.3 Å². The first-order chi connectivity index (χ1) is 9.60. The predicted octanol–water partition coefficient (Wildman–Crippen LogP) is 1.94. The van der Waals surface area contributed by atoms with Gasteiger partial charge in [-0.2, -0.15) is 0 Å². The highest BCUT2D eigenvalue weighted by atomic mass is 16.6. The number of amides is 1. The zero-order valence-corrected chi connectivity index (χ0v) is 12.5. The van der Waals surface area contributed by atoms with E-state index in [1.807, 2.05) is 20.8 Å². The van der Waals surface area contributed by atoms with Gasteiger partial charge in [-0.3, -0.25) is 14.9 Å². The molecular formula is C14H20N2O5. The maximum Gasteiger partial charge on any atom is 0.270 e. The Kier molecular flexibility index (Phi) is 5.26. The van der Waals surface area contributed by atoms with Crippen molar-refractivity contribution >= 4 is 11.6 Å². The predicted molar refractivity (Wildman–Crippen MR) is 77.1 cm³/mol. The van der Waals surface area contributed by atoms with Crippen LogP contribution in [0.5, 0.6) is 5.75 Å². The van der Waals surface area contributed by atoms with Crippen LogP contribution in [0.2, 0.25) is 0 Å². The number of rotatable bonds is 5. The largest absolute Gasteiger partial charge is 0.483 e. The normalized spacial score (nSPS) is 12.6. The zero-order chi connectivity index (χ0) is 16.2. The van der Waals surface area contributed by atoms with Crippen LogP contribution < -0.4 is 10.1 Å². The molecule has 2 N–H and O–H groups in total. The molecular weight excluding hydrogens is 276 g/mol. The highest BCUT2D eigenvalue weighted by Gasteiger charge is 2.18. The van der Waals surface area contributed by atoms with E-state index in [4.69, 9.17) is 4.74 Å². The van der Waals surface area contributed by atoms with Gasteiger partial charge in [-0.05, 0) is 33.8 Å². The summed E-state index contributed by atoms with van der Waals surface area (Å²) in [4.78, 5) is 21.9. The van der Waals surface area contributed by atoms with Crippen LogP contribution >= 0.6 is 0 Å². The third kappa shape index (κ3) is 5.39. The number of nitro groups is 1. The number of aliphatic hydroxyl groups excluding tert-OH is 1. The van der Waals surface area contributed by atoms with Crippen molar-refractivity contribution in [3.05, 3.63) is 33.9 Å². The molecule has 0 unspecified atom stereocenters. The van der Waals surface area contributed by atoms with Crippen LogP contribution in [0.25, 0.3) is 0 Å². The summed E-state index contributed by atoms with van der Waals surface area (Å²) >= 11 is 0. The minimum absolute atomic E-state index is 0.141. The van der Waals surface area contributed by atoms with E-state index in [9.17, 15) is 20.0 Å². The number of hydrogen-bond acceptors (Lipinski definition) is 5. The highest BCUT2D eigenvalue weighted by molar-refractivity contribution is 5.78. The summed E-state index contributed by atoms with van der Waals surface area (Å²) in [6.45, 7) is 6.78. The van der Waals surface area contributed by atoms with Gasteiger partial charge in [0, 0.05) is 23.2 Å². The third-order valence-electron chi connectivity index (χ3n) is 2.53. The number of nitrogens with zero attached hydrogens (tertiary/aromatic N) is 1. The van der Waals surface area contributed by atoms with Gasteiger partial charge in [-0.15, -0.1) is 0 Å². The standard InChI is InChI=1S/C14H20N2O5/c1-9(17)11-7-10(16(19)20)5-6-12(11)21-8-13(18)15-14(2,3)4/h5-7,9,17H,8H2,1-4H3,(H,15,18)/t9-/m0/s1. The van der Waals surface area contributed by atoms with Crippen molar-refractivity contribution in [1.82, 2.24) is 5.32 Å². The summed E-state index contributed by atoms with van der Waals surface area (Å²) in [6, 6.07) is 3.88. The molecule has 0 heterocycles. The van der Waals surface area contributed by atoms with E-state index in [0.717, 1.165) is 0 Å². The monoisotopic (exact) mass is 296 g/mol. The van der Waals surface area contributed by atoms with Gasteiger partial charge in [0.05, 0.1) is 11.0 Å². The Hall–Kier alpha value is -2.15. The van der Waals surface area contributed by atoms with Crippen LogP contribution in [0.4, 0.5) is 5.69 Å². The Bertz CT molecular complexity index is 535. The molecule has 116 valence electrons. The second-order valence-electron chi connectivity index (χ2n) is 5.74. The number of carbonyl (C=O) groups excluding carboxylic acids is 1. The minimum Gasteiger partial charge on any atom is -0.483 e. The van der Waals surface area contributed by atoms with Gasteiger partial charge in [0.2, 0.25) is 0 Å². The van der Waals surface area contributed by atoms with Gasteiger partial charge in [-0.1, -0.05) is 0 Å². The highest BCUT2D eigenvalue weighted by Crippen LogP contribution is 2.29. The fourth-order valence-electron chi connectivity index (χ4n) is 1.70. The number of hydrogen-bond donors (Lipinski definition) is 2. The van der Waals surface area contributed by atoms with Gasteiger partial charge >= 0.3 is 0 Å². The first-order valence-electron chi connectivity index (χ1n) is 6.50. The molecule has 7 heteroatoms. The SMILES string of the molecule is C[C@H](O)c1cc([N+](=O)[O-])ccc1OCC(=O)NC(C)(C)C. The van der Waals surface area contributed by atoms with E-state index in [2.05, 4.69) is 5.32 Å². The Morgan fingerprint density at radius 2 is 2.10 bits per heavy atom. The van der Waals surface area contributed by atoms with Crippen molar-refractivity contribution in [1.29, 1.82) is 0 Å². The Morgan fingerprint density at radius 1 is 1.48 bits per heavy atom. The third-order valence-corrected chi connectivity index (χ3v) is 2.53. The summed E-state index contributed by atoms with van der Waals surface area (Å²) in [5.41, 5.74) is -0.242. The summed E-state index contributed by atoms with van der Waals surface area (Å²) < 4.78 is 5.35. The maximum atomic E-state index is 11.7. The first-order valence-corrected chi connectivity index (χ1v) is 6.50. The van der Waals surface area contributed by atoms with Crippen LogP contribution in [0.15, 0.2) is 18.2 Å². The molecule has 1 aromatic rings. The van der Waals surface area contributed by atoms with Crippen LogP contribution in [0.3, 0.4) is 0 Å². The van der Waals surface area contributed by atoms with Crippen molar-refractivity contribution in [2.75, 3.05) is 6.61 Å². The van der Waals surface area contributed by atoms with E-state index >= 15 is 0 Å². The molecule has 0 aliphatic carbocycles. The molecule has 7 nitrogen and oxygen atoms in total. The van der Waals surface area contributed by atoms with Crippen molar-refractivity contribution in [2.24, 2.45) is 0 Å². The van der Waals surface area contributed by atoms with Gasteiger partial charge in [-0.25, -0.2) is 0 Å². The molecule has 0 aromatic heterocycles. The van der Waals surface area contributed by atoms with E-state index in [1.54, 1.807) is 0 Å². The molecule has 1 atom stereocenters. The molecule has 0 fully saturated rings. The molecule has 1 amide bonds. The second kappa shape index (κ2) is 6.53. The second-order valence-corrected chi connectivity index (χ2v) is 5.74. The Balaban J connectivity index is 2.84. The van der Waals surface area contributed by atoms with E-state index in [0.29, 0.717) is 0 Å². The lowest BCUT2D eigenvalue weighted by Gasteiger charge is -2.21. The number of non-ortho nitro benzene ring substituents is 1. The first kappa shape index (κ1) is 16.9.